The van der Waals surface area contributed by atoms with Gasteiger partial charge in [0.1, 0.15) is 12.5 Å². The summed E-state index contributed by atoms with van der Waals surface area (Å²) in [6, 6.07) is 21.5. The zero-order valence-electron chi connectivity index (χ0n) is 22.9. The predicted octanol–water partition coefficient (Wildman–Crippen LogP) is 6.70. The van der Waals surface area contributed by atoms with Gasteiger partial charge < -0.3 is 10.6 Å². The lowest BCUT2D eigenvalue weighted by Gasteiger charge is -2.40. The molecule has 0 saturated heterocycles. The lowest BCUT2D eigenvalue weighted by atomic mass is 9.84. The number of nitrogens with zero attached hydrogens (tertiary/aromatic N) is 4. The molecular formula is C31H34ClF2N5O. The summed E-state index contributed by atoms with van der Waals surface area (Å²) in [4.78, 5) is 20.5. The van der Waals surface area contributed by atoms with Gasteiger partial charge in [-0.25, -0.2) is 18.4 Å². The molecule has 0 saturated carbocycles. The van der Waals surface area contributed by atoms with E-state index in [0.717, 1.165) is 5.56 Å². The van der Waals surface area contributed by atoms with Crippen molar-refractivity contribution in [1.29, 1.82) is 0 Å². The third-order valence-corrected chi connectivity index (χ3v) is 6.88. The van der Waals surface area contributed by atoms with Gasteiger partial charge in [0.25, 0.3) is 5.91 Å². The van der Waals surface area contributed by atoms with Crippen LogP contribution in [0.25, 0.3) is 11.4 Å². The van der Waals surface area contributed by atoms with Gasteiger partial charge in [-0.2, -0.15) is 5.10 Å². The number of rotatable bonds is 10. The van der Waals surface area contributed by atoms with Crippen LogP contribution in [-0.2, 0) is 6.54 Å². The third-order valence-electron chi connectivity index (χ3n) is 6.64. The van der Waals surface area contributed by atoms with Crippen molar-refractivity contribution in [3.8, 4) is 11.4 Å². The summed E-state index contributed by atoms with van der Waals surface area (Å²) in [5.41, 5.74) is 7.01. The third kappa shape index (κ3) is 6.92. The molecule has 2 N–H and O–H groups in total. The second kappa shape index (κ2) is 12.7. The number of hydrogen-bond donors (Lipinski definition) is 1. The molecule has 0 fully saturated rings. The minimum absolute atomic E-state index is 0.160. The Hall–Kier alpha value is -3.62. The zero-order valence-corrected chi connectivity index (χ0v) is 23.7. The van der Waals surface area contributed by atoms with Crippen molar-refractivity contribution in [2.75, 3.05) is 13.2 Å². The van der Waals surface area contributed by atoms with Crippen LogP contribution in [0.15, 0.2) is 78.9 Å². The largest absolute Gasteiger partial charge is 0.328 e. The van der Waals surface area contributed by atoms with E-state index in [9.17, 15) is 13.6 Å². The van der Waals surface area contributed by atoms with Crippen molar-refractivity contribution in [3.63, 3.8) is 0 Å². The van der Waals surface area contributed by atoms with Crippen LogP contribution in [0.1, 0.15) is 55.0 Å². The van der Waals surface area contributed by atoms with Gasteiger partial charge in [-0.15, -0.1) is 0 Å². The summed E-state index contributed by atoms with van der Waals surface area (Å²) < 4.78 is 30.0. The maximum Gasteiger partial charge on any atom is 0.254 e. The highest BCUT2D eigenvalue weighted by atomic mass is 35.5. The van der Waals surface area contributed by atoms with E-state index in [1.54, 1.807) is 33.8 Å². The Morgan fingerprint density at radius 3 is 2.33 bits per heavy atom. The average molecular weight is 566 g/mol. The van der Waals surface area contributed by atoms with Crippen LogP contribution in [0.5, 0.6) is 0 Å². The fraction of sp³-hybridized carbons (Fsp3) is 0.323. The Kier molecular flexibility index (Phi) is 9.32. The molecule has 1 unspecified atom stereocenters. The van der Waals surface area contributed by atoms with E-state index < -0.39 is 30.0 Å². The Morgan fingerprint density at radius 1 is 1.05 bits per heavy atom. The standard InChI is InChI=1S/C31H34ClF2N5O/c1-31(2,3)27(38(17-16-24(35)19-33)30(40)22-12-8-5-9-13-22)29-36-28(25-18-23(32)14-15-26(25)34)37-39(29)20-21-10-6-4-7-11-21/h4-15,18,24,27H,16-17,19-20,35H2,1-3H3/t24?,27-/m0/s1. The summed E-state index contributed by atoms with van der Waals surface area (Å²) in [5, 5.41) is 5.07. The molecule has 6 nitrogen and oxygen atoms in total. The van der Waals surface area contributed by atoms with Crippen LogP contribution in [0.2, 0.25) is 5.02 Å². The van der Waals surface area contributed by atoms with Gasteiger partial charge in [0, 0.05) is 23.2 Å². The summed E-state index contributed by atoms with van der Waals surface area (Å²) in [7, 11) is 0. The Balaban J connectivity index is 1.90. The first-order valence-electron chi connectivity index (χ1n) is 13.2. The first-order chi connectivity index (χ1) is 19.1. The molecule has 210 valence electrons. The highest BCUT2D eigenvalue weighted by molar-refractivity contribution is 6.30. The SMILES string of the molecule is CC(C)(C)[C@H](c1nc(-c2cc(Cl)ccc2F)nn1Cc1ccccc1)N(CCC(N)CF)C(=O)c1ccccc1. The Morgan fingerprint density at radius 2 is 1.70 bits per heavy atom. The maximum absolute atomic E-state index is 15.0. The van der Waals surface area contributed by atoms with E-state index in [2.05, 4.69) is 0 Å². The summed E-state index contributed by atoms with van der Waals surface area (Å²) >= 11 is 6.20. The molecule has 2 atom stereocenters. The Labute approximate surface area is 238 Å². The van der Waals surface area contributed by atoms with Crippen LogP contribution in [0.3, 0.4) is 0 Å². The van der Waals surface area contributed by atoms with Crippen molar-refractivity contribution in [2.45, 2.75) is 45.8 Å². The quantitative estimate of drug-likeness (QED) is 0.232. The predicted molar refractivity (Wildman–Crippen MR) is 154 cm³/mol. The lowest BCUT2D eigenvalue weighted by molar-refractivity contribution is 0.0469. The number of halogens is 3. The van der Waals surface area contributed by atoms with Crippen LogP contribution in [0, 0.1) is 11.2 Å². The van der Waals surface area contributed by atoms with Gasteiger partial charge in [0.2, 0.25) is 0 Å². The van der Waals surface area contributed by atoms with Crippen molar-refractivity contribution >= 4 is 17.5 Å². The zero-order chi connectivity index (χ0) is 28.9. The van der Waals surface area contributed by atoms with E-state index >= 15 is 0 Å². The van der Waals surface area contributed by atoms with Gasteiger partial charge in [0.15, 0.2) is 11.6 Å². The maximum atomic E-state index is 15.0. The van der Waals surface area contributed by atoms with Crippen LogP contribution in [0.4, 0.5) is 8.78 Å². The number of amides is 1. The molecule has 0 aliphatic heterocycles. The molecule has 1 amide bonds. The summed E-state index contributed by atoms with van der Waals surface area (Å²) in [5.74, 6) is -0.112. The van der Waals surface area contributed by atoms with Gasteiger partial charge in [-0.05, 0) is 47.7 Å². The van der Waals surface area contributed by atoms with E-state index in [0.29, 0.717) is 23.0 Å². The smallest absolute Gasteiger partial charge is 0.254 e. The first kappa shape index (κ1) is 29.4. The summed E-state index contributed by atoms with van der Waals surface area (Å²) in [6.07, 6.45) is 0.254. The molecular weight excluding hydrogens is 532 g/mol. The molecule has 4 rings (SSSR count). The average Bonchev–Trinajstić information content (AvgIpc) is 3.34. The van der Waals surface area contributed by atoms with Crippen molar-refractivity contribution in [1.82, 2.24) is 19.7 Å². The minimum atomic E-state index is -0.718. The fourth-order valence-corrected chi connectivity index (χ4v) is 4.85. The van der Waals surface area contributed by atoms with Crippen LogP contribution in [-0.4, -0.2) is 44.8 Å². The monoisotopic (exact) mass is 565 g/mol. The summed E-state index contributed by atoms with van der Waals surface area (Å²) in [6.45, 7) is 5.84. The fourth-order valence-electron chi connectivity index (χ4n) is 4.68. The topological polar surface area (TPSA) is 77.0 Å². The van der Waals surface area contributed by atoms with Crippen molar-refractivity contribution in [2.24, 2.45) is 11.1 Å². The highest BCUT2D eigenvalue weighted by Crippen LogP contribution is 2.39. The highest BCUT2D eigenvalue weighted by Gasteiger charge is 2.39. The number of aromatic nitrogens is 3. The molecule has 0 bridgehead atoms. The van der Waals surface area contributed by atoms with Crippen LogP contribution < -0.4 is 5.73 Å². The minimum Gasteiger partial charge on any atom is -0.328 e. The molecule has 3 aromatic carbocycles. The van der Waals surface area contributed by atoms with E-state index in [4.69, 9.17) is 27.4 Å². The van der Waals surface area contributed by atoms with Gasteiger partial charge in [-0.3, -0.25) is 4.79 Å². The van der Waals surface area contributed by atoms with E-state index in [1.807, 2.05) is 57.2 Å². The molecule has 4 aromatic rings. The number of nitrogens with two attached hydrogens (primary N) is 1. The van der Waals surface area contributed by atoms with E-state index in [-0.39, 0.29) is 30.3 Å². The normalized spacial score (nSPS) is 13.2. The van der Waals surface area contributed by atoms with E-state index in [1.165, 1.54) is 18.2 Å². The van der Waals surface area contributed by atoms with Crippen LogP contribution >= 0.6 is 11.6 Å². The lowest BCUT2D eigenvalue weighted by Crippen LogP contribution is -2.44. The van der Waals surface area contributed by atoms with Gasteiger partial charge in [-0.1, -0.05) is 80.9 Å². The molecule has 0 aliphatic rings. The first-order valence-corrected chi connectivity index (χ1v) is 13.6. The number of carbonyl (C=O) groups is 1. The molecule has 0 spiro atoms. The number of benzene rings is 3. The van der Waals surface area contributed by atoms with Gasteiger partial charge >= 0.3 is 0 Å². The van der Waals surface area contributed by atoms with Gasteiger partial charge in [0.05, 0.1) is 18.2 Å². The number of hydrogen-bond acceptors (Lipinski definition) is 4. The molecule has 9 heteroatoms. The molecule has 40 heavy (non-hydrogen) atoms. The van der Waals surface area contributed by atoms with Crippen molar-refractivity contribution < 1.29 is 13.6 Å². The molecule has 1 heterocycles. The van der Waals surface area contributed by atoms with Crippen molar-refractivity contribution in [3.05, 3.63) is 107 Å². The Bertz CT molecular complexity index is 1420. The molecule has 0 radical (unpaired) electrons. The second-order valence-electron chi connectivity index (χ2n) is 10.9. The molecule has 1 aromatic heterocycles. The molecule has 0 aliphatic carbocycles. The number of carbonyl (C=O) groups excluding carboxylic acids is 1. The second-order valence-corrected chi connectivity index (χ2v) is 11.3. The number of alkyl halides is 1.